The predicted molar refractivity (Wildman–Crippen MR) is 97.8 cm³/mol. The van der Waals surface area contributed by atoms with E-state index in [0.29, 0.717) is 29.5 Å². The highest BCUT2D eigenvalue weighted by molar-refractivity contribution is 7.88. The van der Waals surface area contributed by atoms with Crippen LogP contribution in [0.4, 0.5) is 0 Å². The third kappa shape index (κ3) is 6.91. The maximum absolute atomic E-state index is 12.2. The summed E-state index contributed by atoms with van der Waals surface area (Å²) >= 11 is 0. The molecular weight excluding hydrogens is 344 g/mol. The average Bonchev–Trinajstić information content (AvgIpc) is 2.55. The lowest BCUT2D eigenvalue weighted by Gasteiger charge is -2.21. The van der Waals surface area contributed by atoms with Crippen LogP contribution in [0.1, 0.15) is 30.6 Å². The highest BCUT2D eigenvalue weighted by Crippen LogP contribution is 2.27. The second-order valence-corrected chi connectivity index (χ2v) is 8.15. The van der Waals surface area contributed by atoms with Gasteiger partial charge in [-0.2, -0.15) is 0 Å². The van der Waals surface area contributed by atoms with Gasteiger partial charge in [0, 0.05) is 25.2 Å². The molecule has 0 unspecified atom stereocenters. The number of amides is 1. The van der Waals surface area contributed by atoms with Crippen molar-refractivity contribution in [3.63, 3.8) is 0 Å². The number of sulfonamides is 1. The Morgan fingerprint density at radius 3 is 2.32 bits per heavy atom. The van der Waals surface area contributed by atoms with E-state index < -0.39 is 10.0 Å². The molecule has 142 valence electrons. The van der Waals surface area contributed by atoms with Gasteiger partial charge in [-0.05, 0) is 30.5 Å². The van der Waals surface area contributed by atoms with Crippen LogP contribution in [0.5, 0.6) is 11.5 Å². The second-order valence-electron chi connectivity index (χ2n) is 6.17. The summed E-state index contributed by atoms with van der Waals surface area (Å²) in [6.45, 7) is 5.00. The van der Waals surface area contributed by atoms with Crippen LogP contribution in [0.15, 0.2) is 18.2 Å². The fourth-order valence-corrected chi connectivity index (χ4v) is 3.08. The Bertz CT molecular complexity index is 674. The van der Waals surface area contributed by atoms with Crippen LogP contribution in [0, 0.1) is 5.92 Å². The Morgan fingerprint density at radius 1 is 1.16 bits per heavy atom. The van der Waals surface area contributed by atoms with Gasteiger partial charge in [-0.25, -0.2) is 12.7 Å². The topological polar surface area (TPSA) is 84.9 Å². The second kappa shape index (κ2) is 9.62. The van der Waals surface area contributed by atoms with E-state index in [2.05, 4.69) is 5.32 Å². The highest BCUT2D eigenvalue weighted by atomic mass is 32.2. The largest absolute Gasteiger partial charge is 0.493 e. The third-order valence-electron chi connectivity index (χ3n) is 3.72. The van der Waals surface area contributed by atoms with Crippen LogP contribution in [-0.4, -0.2) is 58.7 Å². The number of benzene rings is 1. The van der Waals surface area contributed by atoms with Gasteiger partial charge in [-0.1, -0.05) is 13.8 Å². The van der Waals surface area contributed by atoms with E-state index in [-0.39, 0.29) is 19.0 Å². The van der Waals surface area contributed by atoms with E-state index in [4.69, 9.17) is 9.47 Å². The summed E-state index contributed by atoms with van der Waals surface area (Å²) in [4.78, 5) is 12.2. The molecular formula is C17H28N2O5S. The lowest BCUT2D eigenvalue weighted by molar-refractivity contribution is 0.0951. The summed E-state index contributed by atoms with van der Waals surface area (Å²) in [5, 5.41) is 2.74. The van der Waals surface area contributed by atoms with Crippen LogP contribution in [0.25, 0.3) is 0 Å². The molecule has 1 aromatic carbocycles. The predicted octanol–water partition coefficient (Wildman–Crippen LogP) is 1.74. The van der Waals surface area contributed by atoms with Crippen molar-refractivity contribution >= 4 is 15.9 Å². The molecule has 0 aliphatic rings. The number of carbonyl (C=O) groups is 1. The van der Waals surface area contributed by atoms with Crippen LogP contribution >= 0.6 is 0 Å². The maximum Gasteiger partial charge on any atom is 0.251 e. The smallest absolute Gasteiger partial charge is 0.251 e. The van der Waals surface area contributed by atoms with Crippen molar-refractivity contribution in [2.24, 2.45) is 5.92 Å². The standard InChI is InChI=1S/C17H28N2O5S/c1-13(2)8-10-19(25(5,21)22)11-9-18-17(20)14-6-7-15(23-3)16(12-14)24-4/h6-7,12-13H,8-11H2,1-5H3,(H,18,20). The Morgan fingerprint density at radius 2 is 1.80 bits per heavy atom. The Hall–Kier alpha value is -1.80. The molecule has 0 heterocycles. The molecule has 0 aromatic heterocycles. The molecule has 0 aliphatic carbocycles. The SMILES string of the molecule is COc1ccc(C(=O)NCCN(CCC(C)C)S(C)(=O)=O)cc1OC. The molecule has 0 aliphatic heterocycles. The zero-order valence-electron chi connectivity index (χ0n) is 15.5. The first kappa shape index (κ1) is 21.2. The van der Waals surface area contributed by atoms with E-state index in [1.807, 2.05) is 13.8 Å². The van der Waals surface area contributed by atoms with Gasteiger partial charge < -0.3 is 14.8 Å². The van der Waals surface area contributed by atoms with Crippen molar-refractivity contribution in [1.82, 2.24) is 9.62 Å². The molecule has 8 heteroatoms. The average molecular weight is 372 g/mol. The first-order valence-electron chi connectivity index (χ1n) is 8.14. The molecule has 1 amide bonds. The zero-order valence-corrected chi connectivity index (χ0v) is 16.4. The van der Waals surface area contributed by atoms with E-state index in [9.17, 15) is 13.2 Å². The number of methoxy groups -OCH3 is 2. The van der Waals surface area contributed by atoms with Crippen LogP contribution in [0.2, 0.25) is 0 Å². The van der Waals surface area contributed by atoms with Gasteiger partial charge in [0.05, 0.1) is 20.5 Å². The summed E-state index contributed by atoms with van der Waals surface area (Å²) in [5.41, 5.74) is 0.422. The minimum Gasteiger partial charge on any atom is -0.493 e. The van der Waals surface area contributed by atoms with Crippen LogP contribution in [0.3, 0.4) is 0 Å². The Kier molecular flexibility index (Phi) is 8.18. The Balaban J connectivity index is 2.65. The lowest BCUT2D eigenvalue weighted by atomic mass is 10.1. The summed E-state index contributed by atoms with van der Waals surface area (Å²) < 4.78 is 35.4. The molecule has 25 heavy (non-hydrogen) atoms. The molecule has 1 aromatic rings. The monoisotopic (exact) mass is 372 g/mol. The van der Waals surface area contributed by atoms with Gasteiger partial charge >= 0.3 is 0 Å². The number of nitrogens with one attached hydrogen (secondary N) is 1. The highest BCUT2D eigenvalue weighted by Gasteiger charge is 2.17. The molecule has 1 N–H and O–H groups in total. The normalized spacial score (nSPS) is 11.6. The van der Waals surface area contributed by atoms with E-state index >= 15 is 0 Å². The van der Waals surface area contributed by atoms with Crippen molar-refractivity contribution in [2.75, 3.05) is 40.1 Å². The summed E-state index contributed by atoms with van der Waals surface area (Å²) in [6, 6.07) is 4.87. The van der Waals surface area contributed by atoms with Crippen LogP contribution < -0.4 is 14.8 Å². The van der Waals surface area contributed by atoms with E-state index in [1.165, 1.54) is 24.8 Å². The van der Waals surface area contributed by atoms with Gasteiger partial charge in [0.1, 0.15) is 0 Å². The minimum absolute atomic E-state index is 0.234. The van der Waals surface area contributed by atoms with Gasteiger partial charge in [-0.3, -0.25) is 4.79 Å². The van der Waals surface area contributed by atoms with Gasteiger partial charge in [0.25, 0.3) is 5.91 Å². The minimum atomic E-state index is -3.30. The number of hydrogen-bond donors (Lipinski definition) is 1. The van der Waals surface area contributed by atoms with Crippen molar-refractivity contribution in [3.05, 3.63) is 23.8 Å². The first-order valence-corrected chi connectivity index (χ1v) is 9.99. The summed E-state index contributed by atoms with van der Waals surface area (Å²) in [7, 11) is -0.277. The van der Waals surface area contributed by atoms with Crippen molar-refractivity contribution in [2.45, 2.75) is 20.3 Å². The molecule has 0 saturated carbocycles. The summed E-state index contributed by atoms with van der Waals surface area (Å²) in [5.74, 6) is 1.12. The molecule has 0 saturated heterocycles. The third-order valence-corrected chi connectivity index (χ3v) is 5.02. The number of hydrogen-bond acceptors (Lipinski definition) is 5. The van der Waals surface area contributed by atoms with Gasteiger partial charge in [-0.15, -0.1) is 0 Å². The molecule has 1 rings (SSSR count). The Labute approximate surface area is 150 Å². The molecule has 7 nitrogen and oxygen atoms in total. The zero-order chi connectivity index (χ0) is 19.0. The first-order chi connectivity index (χ1) is 11.7. The van der Waals surface area contributed by atoms with Gasteiger partial charge in [0.15, 0.2) is 11.5 Å². The van der Waals surface area contributed by atoms with E-state index in [1.54, 1.807) is 18.2 Å². The van der Waals surface area contributed by atoms with Crippen molar-refractivity contribution < 1.29 is 22.7 Å². The number of ether oxygens (including phenoxy) is 2. The molecule has 0 fully saturated rings. The number of nitrogens with zero attached hydrogens (tertiary/aromatic N) is 1. The molecule has 0 bridgehead atoms. The van der Waals surface area contributed by atoms with Gasteiger partial charge in [0.2, 0.25) is 10.0 Å². The fourth-order valence-electron chi connectivity index (χ4n) is 2.22. The summed E-state index contributed by atoms with van der Waals surface area (Å²) in [6.07, 6.45) is 1.96. The lowest BCUT2D eigenvalue weighted by Crippen LogP contribution is -2.38. The van der Waals surface area contributed by atoms with Crippen LogP contribution in [-0.2, 0) is 10.0 Å². The number of carbonyl (C=O) groups excluding carboxylic acids is 1. The van der Waals surface area contributed by atoms with Crippen molar-refractivity contribution in [3.8, 4) is 11.5 Å². The van der Waals surface area contributed by atoms with Crippen molar-refractivity contribution in [1.29, 1.82) is 0 Å². The number of rotatable bonds is 10. The molecule has 0 radical (unpaired) electrons. The molecule has 0 atom stereocenters. The quantitative estimate of drug-likeness (QED) is 0.676. The maximum atomic E-state index is 12.2. The fraction of sp³-hybridized carbons (Fsp3) is 0.588. The molecule has 0 spiro atoms. The van der Waals surface area contributed by atoms with E-state index in [0.717, 1.165) is 6.42 Å².